The van der Waals surface area contributed by atoms with Crippen molar-refractivity contribution in [2.75, 3.05) is 14.1 Å². The van der Waals surface area contributed by atoms with Crippen LogP contribution in [0.3, 0.4) is 0 Å². The molecule has 0 heterocycles. The van der Waals surface area contributed by atoms with Crippen LogP contribution >= 0.6 is 0 Å². The van der Waals surface area contributed by atoms with Crippen LogP contribution in [0, 0.1) is 6.92 Å². The Morgan fingerprint density at radius 3 is 2.38 bits per heavy atom. The molecule has 1 aliphatic rings. The molecule has 1 heteroatoms. The highest BCUT2D eigenvalue weighted by atomic mass is 15.1. The second kappa shape index (κ2) is 7.66. The van der Waals surface area contributed by atoms with Gasteiger partial charge in [0.15, 0.2) is 0 Å². The second-order valence-corrected chi connectivity index (χ2v) is 6.89. The third-order valence-corrected chi connectivity index (χ3v) is 5.04. The van der Waals surface area contributed by atoms with E-state index in [4.69, 9.17) is 0 Å². The summed E-state index contributed by atoms with van der Waals surface area (Å²) in [4.78, 5) is 2.31. The van der Waals surface area contributed by atoms with Crippen molar-refractivity contribution in [1.82, 2.24) is 4.90 Å². The first-order valence-electron chi connectivity index (χ1n) is 8.63. The smallest absolute Gasteiger partial charge is 0.0499 e. The van der Waals surface area contributed by atoms with Crippen molar-refractivity contribution in [3.8, 4) is 0 Å². The number of nitrogens with zero attached hydrogens (tertiary/aromatic N) is 1. The summed E-state index contributed by atoms with van der Waals surface area (Å²) in [6, 6.07) is 8.84. The van der Waals surface area contributed by atoms with Gasteiger partial charge in [-0.3, -0.25) is 4.90 Å². The van der Waals surface area contributed by atoms with E-state index in [1.54, 1.807) is 0 Å². The lowest BCUT2D eigenvalue weighted by Crippen LogP contribution is -2.47. The van der Waals surface area contributed by atoms with Crippen LogP contribution in [0.5, 0.6) is 0 Å². The van der Waals surface area contributed by atoms with Crippen molar-refractivity contribution in [3.63, 3.8) is 0 Å². The Morgan fingerprint density at radius 1 is 1.12 bits per heavy atom. The Balaban J connectivity index is 2.40. The fourth-order valence-electron chi connectivity index (χ4n) is 3.25. The van der Waals surface area contributed by atoms with Crippen molar-refractivity contribution >= 4 is 0 Å². The maximum atomic E-state index is 4.49. The van der Waals surface area contributed by atoms with Crippen LogP contribution in [0.4, 0.5) is 0 Å². The van der Waals surface area contributed by atoms with Crippen LogP contribution in [-0.4, -0.2) is 24.5 Å². The molecule has 0 N–H and O–H groups in total. The zero-order valence-corrected chi connectivity index (χ0v) is 15.7. The Labute approximate surface area is 147 Å². The number of hydrogen-bond acceptors (Lipinski definition) is 1. The van der Waals surface area contributed by atoms with Gasteiger partial charge in [-0.1, -0.05) is 61.1 Å². The van der Waals surface area contributed by atoms with Crippen LogP contribution in [0.25, 0.3) is 0 Å². The zero-order valence-electron chi connectivity index (χ0n) is 15.7. The van der Waals surface area contributed by atoms with E-state index in [2.05, 4.69) is 94.6 Å². The first kappa shape index (κ1) is 18.3. The van der Waals surface area contributed by atoms with Gasteiger partial charge in [0.1, 0.15) is 0 Å². The summed E-state index contributed by atoms with van der Waals surface area (Å²) in [6.45, 7) is 11.0. The van der Waals surface area contributed by atoms with E-state index in [0.29, 0.717) is 0 Å². The van der Waals surface area contributed by atoms with Crippen molar-refractivity contribution in [1.29, 1.82) is 0 Å². The summed E-state index contributed by atoms with van der Waals surface area (Å²) >= 11 is 0. The van der Waals surface area contributed by atoms with Gasteiger partial charge in [-0.15, -0.1) is 5.73 Å². The van der Waals surface area contributed by atoms with Crippen molar-refractivity contribution in [2.24, 2.45) is 0 Å². The number of benzene rings is 1. The SMILES string of the molecule is C=C(C1=C=CC=C(C)C=C1)C(CC)(Cc1ccc(C)cc1)N(C)C. The van der Waals surface area contributed by atoms with E-state index in [9.17, 15) is 0 Å². The molecule has 0 aliphatic heterocycles. The van der Waals surface area contributed by atoms with Crippen LogP contribution in [0.2, 0.25) is 0 Å². The van der Waals surface area contributed by atoms with Gasteiger partial charge >= 0.3 is 0 Å². The molecule has 0 saturated heterocycles. The maximum absolute atomic E-state index is 4.49. The first-order valence-corrected chi connectivity index (χ1v) is 8.63. The molecule has 0 radical (unpaired) electrons. The lowest BCUT2D eigenvalue weighted by atomic mass is 9.77. The topological polar surface area (TPSA) is 3.24 Å². The number of hydrogen-bond donors (Lipinski definition) is 0. The highest BCUT2D eigenvalue weighted by Gasteiger charge is 2.35. The van der Waals surface area contributed by atoms with Gasteiger partial charge in [-0.05, 0) is 64.1 Å². The molecule has 1 aromatic rings. The minimum absolute atomic E-state index is 0.117. The van der Waals surface area contributed by atoms with E-state index in [1.807, 2.05) is 6.08 Å². The van der Waals surface area contributed by atoms with Gasteiger partial charge in [0.05, 0.1) is 0 Å². The van der Waals surface area contributed by atoms with Crippen molar-refractivity contribution < 1.29 is 0 Å². The molecule has 0 spiro atoms. The van der Waals surface area contributed by atoms with Crippen LogP contribution in [-0.2, 0) is 6.42 Å². The summed E-state index contributed by atoms with van der Waals surface area (Å²) in [6.07, 6.45) is 10.3. The third-order valence-electron chi connectivity index (χ3n) is 5.04. The molecule has 1 nitrogen and oxygen atoms in total. The zero-order chi connectivity index (χ0) is 17.7. The van der Waals surface area contributed by atoms with Gasteiger partial charge < -0.3 is 0 Å². The monoisotopic (exact) mass is 319 g/mol. The van der Waals surface area contributed by atoms with Crippen molar-refractivity contribution in [3.05, 3.63) is 88.7 Å². The van der Waals surface area contributed by atoms with Crippen molar-refractivity contribution in [2.45, 2.75) is 39.2 Å². The van der Waals surface area contributed by atoms with E-state index in [0.717, 1.165) is 24.0 Å². The van der Waals surface area contributed by atoms with Gasteiger partial charge in [0.2, 0.25) is 0 Å². The maximum Gasteiger partial charge on any atom is 0.0499 e. The minimum Gasteiger partial charge on any atom is -0.299 e. The predicted molar refractivity (Wildman–Crippen MR) is 105 cm³/mol. The van der Waals surface area contributed by atoms with E-state index in [-0.39, 0.29) is 5.54 Å². The van der Waals surface area contributed by atoms with E-state index < -0.39 is 0 Å². The summed E-state index contributed by atoms with van der Waals surface area (Å²) in [5.41, 5.74) is 9.37. The molecule has 2 rings (SSSR count). The van der Waals surface area contributed by atoms with Crippen LogP contribution in [0.15, 0.2) is 77.6 Å². The quantitative estimate of drug-likeness (QED) is 0.634. The number of aryl methyl sites for hydroxylation is 1. The van der Waals surface area contributed by atoms with E-state index >= 15 is 0 Å². The molecule has 0 saturated carbocycles. The molecule has 1 aromatic carbocycles. The molecule has 0 bridgehead atoms. The standard InChI is InChI=1S/C23H29N/c1-7-23(24(5)6,17-21-14-11-19(3)12-15-21)20(4)22-10-8-9-18(2)13-16-22/h8-9,11-16H,4,7,17H2,1-3,5-6H3. The highest BCUT2D eigenvalue weighted by molar-refractivity contribution is 5.49. The van der Waals surface area contributed by atoms with Crippen LogP contribution < -0.4 is 0 Å². The summed E-state index contributed by atoms with van der Waals surface area (Å²) < 4.78 is 0. The fraction of sp³-hybridized carbons (Fsp3) is 0.348. The molecular weight excluding hydrogens is 290 g/mol. The number of rotatable bonds is 6. The molecule has 0 amide bonds. The lowest BCUT2D eigenvalue weighted by molar-refractivity contribution is 0.188. The molecule has 1 aliphatic carbocycles. The number of allylic oxidation sites excluding steroid dienone is 4. The van der Waals surface area contributed by atoms with Crippen LogP contribution in [0.1, 0.15) is 31.4 Å². The van der Waals surface area contributed by atoms with E-state index in [1.165, 1.54) is 16.7 Å². The first-order chi connectivity index (χ1) is 11.4. The molecule has 0 aromatic heterocycles. The average Bonchev–Trinajstić information content (AvgIpc) is 2.78. The normalized spacial score (nSPS) is 16.4. The number of likely N-dealkylation sites (N-methyl/N-ethyl adjacent to an activating group) is 1. The summed E-state index contributed by atoms with van der Waals surface area (Å²) in [5, 5.41) is 0. The molecule has 1 unspecified atom stereocenters. The van der Waals surface area contributed by atoms with Gasteiger partial charge in [0, 0.05) is 11.1 Å². The Bertz CT molecular complexity index is 722. The molecule has 1 atom stereocenters. The van der Waals surface area contributed by atoms with Gasteiger partial charge in [-0.2, -0.15) is 0 Å². The van der Waals surface area contributed by atoms with Gasteiger partial charge in [-0.25, -0.2) is 0 Å². The summed E-state index contributed by atoms with van der Waals surface area (Å²) in [7, 11) is 4.30. The second-order valence-electron chi connectivity index (χ2n) is 6.89. The third kappa shape index (κ3) is 3.87. The summed E-state index contributed by atoms with van der Waals surface area (Å²) in [5.74, 6) is 0. The Kier molecular flexibility index (Phi) is 5.83. The largest absolute Gasteiger partial charge is 0.299 e. The molecule has 24 heavy (non-hydrogen) atoms. The predicted octanol–water partition coefficient (Wildman–Crippen LogP) is 5.40. The fourth-order valence-corrected chi connectivity index (χ4v) is 3.25. The highest BCUT2D eigenvalue weighted by Crippen LogP contribution is 2.34. The Hall–Kier alpha value is -2.08. The molecule has 126 valence electrons. The lowest BCUT2D eigenvalue weighted by Gasteiger charge is -2.41. The molecular formula is C23H29N. The average molecular weight is 319 g/mol. The molecule has 0 fully saturated rings. The van der Waals surface area contributed by atoms with Gasteiger partial charge in [0.25, 0.3) is 0 Å². The Morgan fingerprint density at radius 2 is 1.79 bits per heavy atom. The minimum atomic E-state index is -0.117.